The standard InChI is InChI=1S/C15H10Cl2F2N4OS/c1-6(14(24)23-13-8(17)2-7(16)5-20-13)25-15-21-11-3-9(18)10(19)4-12(11)22-15/h2-6H,1H3,(H,21,22)(H,20,23,24). The molecule has 0 radical (unpaired) electrons. The summed E-state index contributed by atoms with van der Waals surface area (Å²) in [6, 6.07) is 3.48. The molecule has 3 aromatic rings. The highest BCUT2D eigenvalue weighted by molar-refractivity contribution is 8.00. The predicted octanol–water partition coefficient (Wildman–Crippen LogP) is 4.66. The molecule has 2 heterocycles. The molecule has 1 amide bonds. The molecule has 0 fully saturated rings. The van der Waals surface area contributed by atoms with Crippen LogP contribution in [0.4, 0.5) is 14.6 Å². The lowest BCUT2D eigenvalue weighted by Gasteiger charge is -2.11. The number of carbonyl (C=O) groups excluding carboxylic acids is 1. The number of hydrogen-bond acceptors (Lipinski definition) is 4. The van der Waals surface area contributed by atoms with Crippen molar-refractivity contribution in [2.75, 3.05) is 5.32 Å². The second kappa shape index (κ2) is 7.15. The van der Waals surface area contributed by atoms with Gasteiger partial charge in [-0.1, -0.05) is 35.0 Å². The van der Waals surface area contributed by atoms with Crippen LogP contribution in [-0.2, 0) is 4.79 Å². The Morgan fingerprint density at radius 2 is 2.00 bits per heavy atom. The Morgan fingerprint density at radius 1 is 1.28 bits per heavy atom. The number of fused-ring (bicyclic) bond motifs is 1. The van der Waals surface area contributed by atoms with Crippen molar-refractivity contribution in [3.05, 3.63) is 46.1 Å². The fraction of sp³-hybridized carbons (Fsp3) is 0.133. The van der Waals surface area contributed by atoms with Crippen LogP contribution in [0.2, 0.25) is 10.0 Å². The fourth-order valence-corrected chi connectivity index (χ4v) is 3.23. The number of imidazole rings is 1. The van der Waals surface area contributed by atoms with Crippen molar-refractivity contribution in [2.24, 2.45) is 0 Å². The predicted molar refractivity (Wildman–Crippen MR) is 94.2 cm³/mol. The first-order valence-electron chi connectivity index (χ1n) is 6.97. The minimum Gasteiger partial charge on any atom is -0.333 e. The van der Waals surface area contributed by atoms with Crippen LogP contribution < -0.4 is 5.32 Å². The first-order valence-corrected chi connectivity index (χ1v) is 8.60. The third kappa shape index (κ3) is 4.02. The third-order valence-corrected chi connectivity index (χ3v) is 4.69. The quantitative estimate of drug-likeness (QED) is 0.622. The van der Waals surface area contributed by atoms with Gasteiger partial charge in [-0.15, -0.1) is 0 Å². The van der Waals surface area contributed by atoms with Crippen LogP contribution in [0, 0.1) is 11.6 Å². The summed E-state index contributed by atoms with van der Waals surface area (Å²) in [4.78, 5) is 23.2. The molecule has 130 valence electrons. The zero-order valence-corrected chi connectivity index (χ0v) is 14.9. The van der Waals surface area contributed by atoms with Gasteiger partial charge in [-0.3, -0.25) is 4.79 Å². The summed E-state index contributed by atoms with van der Waals surface area (Å²) in [6.07, 6.45) is 1.36. The van der Waals surface area contributed by atoms with Crippen molar-refractivity contribution in [2.45, 2.75) is 17.3 Å². The number of nitrogens with one attached hydrogen (secondary N) is 2. The van der Waals surface area contributed by atoms with E-state index in [0.29, 0.717) is 15.7 Å². The summed E-state index contributed by atoms with van der Waals surface area (Å²) in [5.41, 5.74) is 0.618. The molecule has 3 rings (SSSR count). The van der Waals surface area contributed by atoms with Gasteiger partial charge in [0.05, 0.1) is 26.3 Å². The van der Waals surface area contributed by atoms with E-state index in [4.69, 9.17) is 23.2 Å². The van der Waals surface area contributed by atoms with Crippen LogP contribution in [-0.4, -0.2) is 26.1 Å². The molecule has 1 unspecified atom stereocenters. The fourth-order valence-electron chi connectivity index (χ4n) is 1.98. The highest BCUT2D eigenvalue weighted by atomic mass is 35.5. The van der Waals surface area contributed by atoms with E-state index in [1.54, 1.807) is 6.92 Å². The zero-order valence-electron chi connectivity index (χ0n) is 12.6. The average Bonchev–Trinajstić information content (AvgIpc) is 2.91. The number of thioether (sulfide) groups is 1. The van der Waals surface area contributed by atoms with Crippen molar-refractivity contribution >= 4 is 57.7 Å². The summed E-state index contributed by atoms with van der Waals surface area (Å²) in [5.74, 6) is -2.12. The Balaban J connectivity index is 1.72. The number of hydrogen-bond donors (Lipinski definition) is 2. The van der Waals surface area contributed by atoms with Gasteiger partial charge in [0.25, 0.3) is 0 Å². The smallest absolute Gasteiger partial charge is 0.238 e. The van der Waals surface area contributed by atoms with Gasteiger partial charge in [0.2, 0.25) is 5.91 Å². The lowest BCUT2D eigenvalue weighted by atomic mass is 10.3. The van der Waals surface area contributed by atoms with Gasteiger partial charge in [0, 0.05) is 18.3 Å². The normalized spacial score (nSPS) is 12.4. The number of anilines is 1. The third-order valence-electron chi connectivity index (χ3n) is 3.21. The van der Waals surface area contributed by atoms with E-state index in [1.807, 2.05) is 0 Å². The summed E-state index contributed by atoms with van der Waals surface area (Å²) in [6.45, 7) is 1.65. The highest BCUT2D eigenvalue weighted by Gasteiger charge is 2.19. The molecular formula is C15H10Cl2F2N4OS. The number of carbonyl (C=O) groups is 1. The van der Waals surface area contributed by atoms with Gasteiger partial charge in [0.15, 0.2) is 22.6 Å². The first kappa shape index (κ1) is 17.9. The minimum absolute atomic E-state index is 0.192. The van der Waals surface area contributed by atoms with Crippen molar-refractivity contribution < 1.29 is 13.6 Å². The Kier molecular flexibility index (Phi) is 5.12. The molecule has 2 aromatic heterocycles. The average molecular weight is 403 g/mol. The molecule has 0 aliphatic carbocycles. The number of benzene rings is 1. The summed E-state index contributed by atoms with van der Waals surface area (Å²) >= 11 is 12.8. The SMILES string of the molecule is CC(Sc1nc2cc(F)c(F)cc2[nH]1)C(=O)Nc1ncc(Cl)cc1Cl. The molecule has 0 aliphatic heterocycles. The Bertz CT molecular complexity index is 927. The number of H-pyrrole nitrogens is 1. The number of aromatic amines is 1. The molecule has 25 heavy (non-hydrogen) atoms. The van der Waals surface area contributed by atoms with E-state index >= 15 is 0 Å². The van der Waals surface area contributed by atoms with E-state index in [-0.39, 0.29) is 22.3 Å². The van der Waals surface area contributed by atoms with Crippen molar-refractivity contribution in [3.8, 4) is 0 Å². The van der Waals surface area contributed by atoms with Crippen molar-refractivity contribution in [1.29, 1.82) is 0 Å². The molecule has 0 saturated carbocycles. The van der Waals surface area contributed by atoms with Crippen LogP contribution >= 0.6 is 35.0 Å². The maximum absolute atomic E-state index is 13.2. The van der Waals surface area contributed by atoms with Crippen molar-refractivity contribution in [3.63, 3.8) is 0 Å². The lowest BCUT2D eigenvalue weighted by Crippen LogP contribution is -2.23. The molecule has 1 aromatic carbocycles. The number of halogens is 4. The van der Waals surface area contributed by atoms with E-state index < -0.39 is 16.9 Å². The molecule has 0 aliphatic rings. The highest BCUT2D eigenvalue weighted by Crippen LogP contribution is 2.27. The largest absolute Gasteiger partial charge is 0.333 e. The van der Waals surface area contributed by atoms with Crippen molar-refractivity contribution in [1.82, 2.24) is 15.0 Å². The molecule has 1 atom stereocenters. The van der Waals surface area contributed by atoms with Crippen LogP contribution in [0.1, 0.15) is 6.92 Å². The maximum Gasteiger partial charge on any atom is 0.238 e. The molecular weight excluding hydrogens is 393 g/mol. The molecule has 0 bridgehead atoms. The van der Waals surface area contributed by atoms with E-state index in [1.165, 1.54) is 12.3 Å². The summed E-state index contributed by atoms with van der Waals surface area (Å²) < 4.78 is 26.5. The Labute approximate surface area is 155 Å². The Hall–Kier alpha value is -1.90. The molecule has 5 nitrogen and oxygen atoms in total. The minimum atomic E-state index is -0.982. The first-order chi connectivity index (χ1) is 11.8. The van der Waals surface area contributed by atoms with Crippen LogP contribution in [0.3, 0.4) is 0 Å². The maximum atomic E-state index is 13.2. The number of nitrogens with zero attached hydrogens (tertiary/aromatic N) is 2. The van der Waals surface area contributed by atoms with Gasteiger partial charge >= 0.3 is 0 Å². The summed E-state index contributed by atoms with van der Waals surface area (Å²) in [5, 5.41) is 2.95. The van der Waals surface area contributed by atoms with E-state index in [9.17, 15) is 13.6 Å². The number of amides is 1. The van der Waals surface area contributed by atoms with Crippen LogP contribution in [0.25, 0.3) is 11.0 Å². The number of rotatable bonds is 4. The number of aromatic nitrogens is 3. The topological polar surface area (TPSA) is 70.7 Å². The van der Waals surface area contributed by atoms with Gasteiger partial charge in [-0.25, -0.2) is 18.7 Å². The van der Waals surface area contributed by atoms with Gasteiger partial charge in [0.1, 0.15) is 0 Å². The lowest BCUT2D eigenvalue weighted by molar-refractivity contribution is -0.115. The summed E-state index contributed by atoms with van der Waals surface area (Å²) in [7, 11) is 0. The molecule has 2 N–H and O–H groups in total. The van der Waals surface area contributed by atoms with E-state index in [0.717, 1.165) is 23.9 Å². The molecule has 0 spiro atoms. The zero-order chi connectivity index (χ0) is 18.1. The monoisotopic (exact) mass is 402 g/mol. The van der Waals surface area contributed by atoms with Crippen LogP contribution in [0.15, 0.2) is 29.6 Å². The second-order valence-corrected chi connectivity index (χ2v) is 7.23. The van der Waals surface area contributed by atoms with Gasteiger partial charge < -0.3 is 10.3 Å². The van der Waals surface area contributed by atoms with Gasteiger partial charge in [-0.2, -0.15) is 0 Å². The number of pyridine rings is 1. The molecule has 0 saturated heterocycles. The second-order valence-electron chi connectivity index (χ2n) is 5.06. The van der Waals surface area contributed by atoms with E-state index in [2.05, 4.69) is 20.3 Å². The van der Waals surface area contributed by atoms with Crippen LogP contribution in [0.5, 0.6) is 0 Å². The van der Waals surface area contributed by atoms with Gasteiger partial charge in [-0.05, 0) is 13.0 Å². The Morgan fingerprint density at radius 3 is 2.72 bits per heavy atom. The molecule has 10 heteroatoms.